The molecule has 2 aromatic rings. The van der Waals surface area contributed by atoms with Gasteiger partial charge in [0.15, 0.2) is 0 Å². The third-order valence-corrected chi connectivity index (χ3v) is 5.00. The maximum atomic E-state index is 12.3. The van der Waals surface area contributed by atoms with E-state index in [0.717, 1.165) is 40.2 Å². The second-order valence-corrected chi connectivity index (χ2v) is 6.67. The maximum absolute atomic E-state index is 12.3. The van der Waals surface area contributed by atoms with Crippen molar-refractivity contribution < 1.29 is 4.79 Å². The van der Waals surface area contributed by atoms with E-state index in [0.29, 0.717) is 12.5 Å². The van der Waals surface area contributed by atoms with E-state index in [1.54, 1.807) is 11.3 Å². The Kier molecular flexibility index (Phi) is 5.19. The molecule has 3 N–H and O–H groups in total. The molecule has 1 aromatic carbocycles. The molecule has 21 heavy (non-hydrogen) atoms. The zero-order chi connectivity index (χ0) is 14.1. The van der Waals surface area contributed by atoms with Crippen molar-refractivity contribution in [3.63, 3.8) is 0 Å². The first-order valence-electron chi connectivity index (χ1n) is 7.05. The molecular formula is C15H20ClN3OS. The number of hydrogen-bond donors (Lipinski definition) is 2. The fourth-order valence-corrected chi connectivity index (χ4v) is 3.88. The number of benzene rings is 1. The highest BCUT2D eigenvalue weighted by molar-refractivity contribution is 7.18. The molecule has 1 heterocycles. The SMILES string of the molecule is Cc1nc2ccc(NC(=O)[C@@H]3CCC[C@@H]3CN)cc2s1.Cl. The standard InChI is InChI=1S/C15H19N3OS.ClH/c1-9-17-13-6-5-11(7-14(13)20-9)18-15(19)12-4-2-3-10(12)8-16;/h5-7,10,12H,2-4,8,16H2,1H3,(H,18,19);1H/t10-,12-;/m1./s1. The Hall–Kier alpha value is -1.17. The number of carbonyl (C=O) groups excluding carboxylic acids is 1. The van der Waals surface area contributed by atoms with Gasteiger partial charge >= 0.3 is 0 Å². The molecule has 0 spiro atoms. The van der Waals surface area contributed by atoms with Gasteiger partial charge in [0.2, 0.25) is 5.91 Å². The van der Waals surface area contributed by atoms with Gasteiger partial charge in [-0.15, -0.1) is 23.7 Å². The minimum atomic E-state index is 0. The number of hydrogen-bond acceptors (Lipinski definition) is 4. The van der Waals surface area contributed by atoms with Crippen molar-refractivity contribution in [3.05, 3.63) is 23.2 Å². The molecule has 3 rings (SSSR count). The van der Waals surface area contributed by atoms with Crippen molar-refractivity contribution in [2.75, 3.05) is 11.9 Å². The number of nitrogens with one attached hydrogen (secondary N) is 1. The first-order chi connectivity index (χ1) is 9.67. The highest BCUT2D eigenvalue weighted by Gasteiger charge is 2.31. The lowest BCUT2D eigenvalue weighted by molar-refractivity contribution is -0.120. The van der Waals surface area contributed by atoms with Gasteiger partial charge < -0.3 is 11.1 Å². The van der Waals surface area contributed by atoms with Crippen LogP contribution >= 0.6 is 23.7 Å². The van der Waals surface area contributed by atoms with Crippen LogP contribution in [0.1, 0.15) is 24.3 Å². The Bertz CT molecular complexity index is 643. The summed E-state index contributed by atoms with van der Waals surface area (Å²) in [5.41, 5.74) is 7.59. The summed E-state index contributed by atoms with van der Waals surface area (Å²) < 4.78 is 1.11. The van der Waals surface area contributed by atoms with Gasteiger partial charge in [0.1, 0.15) is 0 Å². The van der Waals surface area contributed by atoms with Gasteiger partial charge in [-0.2, -0.15) is 0 Å². The fourth-order valence-electron chi connectivity index (χ4n) is 3.02. The Balaban J connectivity index is 0.00000161. The Morgan fingerprint density at radius 1 is 1.48 bits per heavy atom. The molecule has 0 unspecified atom stereocenters. The van der Waals surface area contributed by atoms with E-state index in [1.165, 1.54) is 0 Å². The molecule has 1 aliphatic rings. The maximum Gasteiger partial charge on any atom is 0.227 e. The monoisotopic (exact) mass is 325 g/mol. The number of fused-ring (bicyclic) bond motifs is 1. The van der Waals surface area contributed by atoms with Crippen LogP contribution in [0.3, 0.4) is 0 Å². The lowest BCUT2D eigenvalue weighted by atomic mass is 9.95. The van der Waals surface area contributed by atoms with Crippen molar-refractivity contribution in [3.8, 4) is 0 Å². The third-order valence-electron chi connectivity index (χ3n) is 4.06. The molecule has 0 bridgehead atoms. The predicted molar refractivity (Wildman–Crippen MR) is 90.1 cm³/mol. The molecule has 1 amide bonds. The molecule has 1 aromatic heterocycles. The molecule has 0 saturated heterocycles. The van der Waals surface area contributed by atoms with Crippen LogP contribution in [0.4, 0.5) is 5.69 Å². The second kappa shape index (κ2) is 6.73. The lowest BCUT2D eigenvalue weighted by Crippen LogP contribution is -2.29. The van der Waals surface area contributed by atoms with Crippen LogP contribution in [0.25, 0.3) is 10.2 Å². The van der Waals surface area contributed by atoms with Crippen molar-refractivity contribution in [1.29, 1.82) is 0 Å². The van der Waals surface area contributed by atoms with Crippen molar-refractivity contribution in [2.24, 2.45) is 17.6 Å². The van der Waals surface area contributed by atoms with Gasteiger partial charge in [0.05, 0.1) is 15.2 Å². The third kappa shape index (κ3) is 3.36. The molecule has 1 aliphatic carbocycles. The number of nitrogens with zero attached hydrogens (tertiary/aromatic N) is 1. The number of aryl methyl sites for hydroxylation is 1. The van der Waals surface area contributed by atoms with Crippen LogP contribution in [-0.2, 0) is 4.79 Å². The fraction of sp³-hybridized carbons (Fsp3) is 0.467. The number of rotatable bonds is 3. The Morgan fingerprint density at radius 3 is 3.05 bits per heavy atom. The van der Waals surface area contributed by atoms with Gasteiger partial charge in [0, 0.05) is 11.6 Å². The summed E-state index contributed by atoms with van der Waals surface area (Å²) in [6.45, 7) is 2.60. The van der Waals surface area contributed by atoms with Crippen molar-refractivity contribution in [2.45, 2.75) is 26.2 Å². The average molecular weight is 326 g/mol. The summed E-state index contributed by atoms with van der Waals surface area (Å²) in [6, 6.07) is 5.89. The number of thiazole rings is 1. The van der Waals surface area contributed by atoms with E-state index in [2.05, 4.69) is 10.3 Å². The van der Waals surface area contributed by atoms with E-state index < -0.39 is 0 Å². The minimum Gasteiger partial charge on any atom is -0.330 e. The molecule has 0 aliphatic heterocycles. The predicted octanol–water partition coefficient (Wildman–Crippen LogP) is 3.34. The average Bonchev–Trinajstić information content (AvgIpc) is 3.02. The van der Waals surface area contributed by atoms with Crippen LogP contribution < -0.4 is 11.1 Å². The molecule has 1 fully saturated rings. The van der Waals surface area contributed by atoms with E-state index in [1.807, 2.05) is 25.1 Å². The lowest BCUT2D eigenvalue weighted by Gasteiger charge is -2.17. The minimum absolute atomic E-state index is 0. The van der Waals surface area contributed by atoms with E-state index in [9.17, 15) is 4.79 Å². The molecule has 0 radical (unpaired) electrons. The van der Waals surface area contributed by atoms with Crippen molar-refractivity contribution >= 4 is 45.6 Å². The van der Waals surface area contributed by atoms with Crippen LogP contribution in [0.15, 0.2) is 18.2 Å². The molecule has 2 atom stereocenters. The zero-order valence-electron chi connectivity index (χ0n) is 12.0. The van der Waals surface area contributed by atoms with Crippen LogP contribution in [0.5, 0.6) is 0 Å². The largest absolute Gasteiger partial charge is 0.330 e. The van der Waals surface area contributed by atoms with E-state index in [4.69, 9.17) is 5.73 Å². The highest BCUT2D eigenvalue weighted by atomic mass is 35.5. The van der Waals surface area contributed by atoms with E-state index >= 15 is 0 Å². The molecule has 6 heteroatoms. The topological polar surface area (TPSA) is 68.0 Å². The Morgan fingerprint density at radius 2 is 2.29 bits per heavy atom. The summed E-state index contributed by atoms with van der Waals surface area (Å²) in [7, 11) is 0. The van der Waals surface area contributed by atoms with Gasteiger partial charge in [0.25, 0.3) is 0 Å². The first-order valence-corrected chi connectivity index (χ1v) is 7.87. The summed E-state index contributed by atoms with van der Waals surface area (Å²) in [6.07, 6.45) is 3.13. The highest BCUT2D eigenvalue weighted by Crippen LogP contribution is 2.32. The number of halogens is 1. The number of amides is 1. The summed E-state index contributed by atoms with van der Waals surface area (Å²) in [4.78, 5) is 16.8. The second-order valence-electron chi connectivity index (χ2n) is 5.44. The zero-order valence-corrected chi connectivity index (χ0v) is 13.6. The van der Waals surface area contributed by atoms with Crippen LogP contribution in [0, 0.1) is 18.8 Å². The summed E-state index contributed by atoms with van der Waals surface area (Å²) >= 11 is 1.65. The van der Waals surface area contributed by atoms with E-state index in [-0.39, 0.29) is 24.2 Å². The Labute approximate surface area is 134 Å². The van der Waals surface area contributed by atoms with Crippen LogP contribution in [-0.4, -0.2) is 17.4 Å². The molecule has 1 saturated carbocycles. The summed E-state index contributed by atoms with van der Waals surface area (Å²) in [5.74, 6) is 0.516. The normalized spacial score (nSPS) is 21.2. The smallest absolute Gasteiger partial charge is 0.227 e. The number of aromatic nitrogens is 1. The number of nitrogens with two attached hydrogens (primary N) is 1. The van der Waals surface area contributed by atoms with Gasteiger partial charge in [-0.1, -0.05) is 6.42 Å². The molecular weight excluding hydrogens is 306 g/mol. The number of carbonyl (C=O) groups is 1. The van der Waals surface area contributed by atoms with Crippen molar-refractivity contribution in [1.82, 2.24) is 4.98 Å². The van der Waals surface area contributed by atoms with Gasteiger partial charge in [-0.3, -0.25) is 4.79 Å². The first kappa shape index (κ1) is 16.2. The molecule has 114 valence electrons. The van der Waals surface area contributed by atoms with Crippen LogP contribution in [0.2, 0.25) is 0 Å². The molecule has 4 nitrogen and oxygen atoms in total. The van der Waals surface area contributed by atoms with Gasteiger partial charge in [-0.25, -0.2) is 4.98 Å². The quantitative estimate of drug-likeness (QED) is 0.909. The van der Waals surface area contributed by atoms with Gasteiger partial charge in [-0.05, 0) is 50.4 Å². The number of anilines is 1. The summed E-state index contributed by atoms with van der Waals surface area (Å²) in [5, 5.41) is 4.08.